The molecule has 0 fully saturated rings. The molecular weight excluding hydrogens is 641 g/mol. The van der Waals surface area contributed by atoms with Crippen LogP contribution in [0.1, 0.15) is 11.3 Å². The number of para-hydroxylation sites is 2. The van der Waals surface area contributed by atoms with Crippen molar-refractivity contribution in [3.63, 3.8) is 0 Å². The van der Waals surface area contributed by atoms with E-state index in [-0.39, 0.29) is 33.3 Å². The predicted octanol–water partition coefficient (Wildman–Crippen LogP) is 5.83. The zero-order valence-corrected chi connectivity index (χ0v) is 21.7. The topological polar surface area (TPSA) is 106 Å². The quantitative estimate of drug-likeness (QED) is 0.0777. The molecule has 1 heterocycles. The van der Waals surface area contributed by atoms with Crippen LogP contribution in [0.5, 0.6) is 17.2 Å². The Morgan fingerprint density at radius 1 is 0.923 bits per heavy atom. The largest absolute Gasteiger partial charge is 0.485 e. The molecule has 0 amide bonds. The summed E-state index contributed by atoms with van der Waals surface area (Å²) in [6.45, 7) is 0.120. The molecule has 3 aromatic carbocycles. The number of nitro benzene ring substituents is 1. The minimum absolute atomic E-state index is 0.0153. The van der Waals surface area contributed by atoms with Crippen LogP contribution in [0.3, 0.4) is 0 Å². The average molecular weight is 657 g/mol. The van der Waals surface area contributed by atoms with Crippen LogP contribution in [0, 0.1) is 15.9 Å². The summed E-state index contributed by atoms with van der Waals surface area (Å²) in [7, 11) is 0. The van der Waals surface area contributed by atoms with Crippen molar-refractivity contribution in [2.45, 2.75) is 17.3 Å². The molecule has 1 aromatic heterocycles. The average Bonchev–Trinajstić information content (AvgIpc) is 2.89. The van der Waals surface area contributed by atoms with Crippen molar-refractivity contribution in [2.75, 3.05) is 0 Å². The van der Waals surface area contributed by atoms with Gasteiger partial charge in [-0.15, -0.1) is 0 Å². The van der Waals surface area contributed by atoms with Crippen LogP contribution >= 0.6 is 22.6 Å². The summed E-state index contributed by atoms with van der Waals surface area (Å²) < 4.78 is 66.4. The van der Waals surface area contributed by atoms with Gasteiger partial charge >= 0.3 is 17.6 Å². The molecule has 0 radical (unpaired) electrons. The van der Waals surface area contributed by atoms with Crippen molar-refractivity contribution < 1.29 is 32.0 Å². The maximum atomic E-state index is 15.0. The molecule has 0 aliphatic carbocycles. The Balaban J connectivity index is 1.82. The van der Waals surface area contributed by atoms with Gasteiger partial charge in [-0.1, -0.05) is 65.1 Å². The monoisotopic (exact) mass is 657 g/mol. The molecule has 0 spiro atoms. The number of alkyl halides is 4. The molecule has 0 saturated heterocycles. The lowest BCUT2D eigenvalue weighted by atomic mass is 10.2. The van der Waals surface area contributed by atoms with Gasteiger partial charge in [-0.05, 0) is 17.7 Å². The van der Waals surface area contributed by atoms with Gasteiger partial charge in [-0.2, -0.15) is 13.2 Å². The number of ether oxygens (including phenoxy) is 2. The second-order valence-electron chi connectivity index (χ2n) is 7.88. The van der Waals surface area contributed by atoms with E-state index >= 15 is 4.39 Å². The van der Waals surface area contributed by atoms with Crippen LogP contribution in [0.2, 0.25) is 0 Å². The molecule has 0 N–H and O–H groups in total. The molecule has 0 atom stereocenters. The number of nitrogens with zero attached hydrogens (tertiary/aromatic N) is 3. The molecule has 0 saturated carbocycles. The third kappa shape index (κ3) is 5.94. The van der Waals surface area contributed by atoms with Gasteiger partial charge in [0.1, 0.15) is 12.3 Å². The van der Waals surface area contributed by atoms with Gasteiger partial charge < -0.3 is 9.47 Å². The third-order valence-corrected chi connectivity index (χ3v) is 6.06. The number of rotatable bonds is 8. The molecule has 39 heavy (non-hydrogen) atoms. The first kappa shape index (κ1) is 27.8. The minimum atomic E-state index is -5.03. The standard InChI is InChI=1S/C25H16F4IN3O6/c26-16-10-18(33(36)37)21(39-20-9-5-4-8-19(20)38-13-15-6-2-1-3-7-15)11-17(16)32-23(34)12-22(25(27,28)29)31(14-30)24(32)35/h1-12H,13-14H2. The summed E-state index contributed by atoms with van der Waals surface area (Å²) in [5.74, 6) is -1.83. The number of halogens is 5. The van der Waals surface area contributed by atoms with E-state index in [2.05, 4.69) is 0 Å². The van der Waals surface area contributed by atoms with Crippen molar-refractivity contribution in [2.24, 2.45) is 0 Å². The van der Waals surface area contributed by atoms with Crippen LogP contribution < -0.4 is 20.7 Å². The Morgan fingerprint density at radius 2 is 1.56 bits per heavy atom. The Labute approximate surface area is 230 Å². The van der Waals surface area contributed by atoms with Gasteiger partial charge in [0.2, 0.25) is 5.75 Å². The lowest BCUT2D eigenvalue weighted by molar-refractivity contribution is -0.385. The Kier molecular flexibility index (Phi) is 8.03. The van der Waals surface area contributed by atoms with Gasteiger partial charge in [-0.3, -0.25) is 19.5 Å². The summed E-state index contributed by atoms with van der Waals surface area (Å²) in [6, 6.07) is 16.4. The second-order valence-corrected chi connectivity index (χ2v) is 8.56. The van der Waals surface area contributed by atoms with Crippen LogP contribution in [0.25, 0.3) is 5.69 Å². The maximum absolute atomic E-state index is 15.0. The zero-order valence-electron chi connectivity index (χ0n) is 19.5. The van der Waals surface area contributed by atoms with E-state index in [1.54, 1.807) is 24.3 Å². The highest BCUT2D eigenvalue weighted by Gasteiger charge is 2.36. The molecule has 14 heteroatoms. The van der Waals surface area contributed by atoms with Crippen LogP contribution in [-0.2, 0) is 17.3 Å². The molecule has 0 aliphatic rings. The first-order valence-electron chi connectivity index (χ1n) is 10.9. The summed E-state index contributed by atoms with van der Waals surface area (Å²) >= 11 is 1.48. The lowest BCUT2D eigenvalue weighted by Gasteiger charge is -2.17. The summed E-state index contributed by atoms with van der Waals surface area (Å²) in [5, 5.41) is 11.7. The first-order chi connectivity index (χ1) is 18.5. The molecule has 0 aliphatic heterocycles. The van der Waals surface area contributed by atoms with Crippen molar-refractivity contribution in [1.82, 2.24) is 9.13 Å². The molecule has 202 valence electrons. The number of nitro groups is 1. The van der Waals surface area contributed by atoms with Crippen molar-refractivity contribution in [3.05, 3.63) is 121 Å². The minimum Gasteiger partial charge on any atom is -0.485 e. The SMILES string of the molecule is O=c1cc(C(F)(F)F)n(CI)c(=O)n1-c1cc(Oc2ccccc2OCc2ccccc2)c([N+](=O)[O-])cc1F. The Bertz CT molecular complexity index is 1650. The van der Waals surface area contributed by atoms with E-state index in [0.29, 0.717) is 12.1 Å². The van der Waals surface area contributed by atoms with Gasteiger partial charge in [0, 0.05) is 12.1 Å². The Hall–Kier alpha value is -4.21. The molecule has 0 unspecified atom stereocenters. The van der Waals surface area contributed by atoms with Gasteiger partial charge in [0.25, 0.3) is 5.56 Å². The van der Waals surface area contributed by atoms with E-state index in [9.17, 15) is 32.9 Å². The van der Waals surface area contributed by atoms with Crippen molar-refractivity contribution >= 4 is 28.3 Å². The smallest absolute Gasteiger partial charge is 0.431 e. The fourth-order valence-electron chi connectivity index (χ4n) is 3.59. The maximum Gasteiger partial charge on any atom is 0.431 e. The second kappa shape index (κ2) is 11.3. The summed E-state index contributed by atoms with van der Waals surface area (Å²) in [6.07, 6.45) is -5.03. The summed E-state index contributed by atoms with van der Waals surface area (Å²) in [4.78, 5) is 36.2. The van der Waals surface area contributed by atoms with Gasteiger partial charge in [0.05, 0.1) is 21.2 Å². The fourth-order valence-corrected chi connectivity index (χ4v) is 4.24. The number of hydrogen-bond acceptors (Lipinski definition) is 6. The lowest BCUT2D eigenvalue weighted by Crippen LogP contribution is -2.41. The molecular formula is C25H16F4IN3O6. The van der Waals surface area contributed by atoms with E-state index in [4.69, 9.17) is 9.47 Å². The Morgan fingerprint density at radius 3 is 2.18 bits per heavy atom. The molecule has 9 nitrogen and oxygen atoms in total. The molecule has 4 rings (SSSR count). The van der Waals surface area contributed by atoms with Crippen LogP contribution in [-0.4, -0.2) is 14.1 Å². The van der Waals surface area contributed by atoms with Crippen molar-refractivity contribution in [3.8, 4) is 22.9 Å². The zero-order chi connectivity index (χ0) is 28.3. The predicted molar refractivity (Wildman–Crippen MR) is 139 cm³/mol. The molecule has 0 bridgehead atoms. The van der Waals surface area contributed by atoms with Crippen LogP contribution in [0.15, 0.2) is 82.4 Å². The number of hydrogen-bond donors (Lipinski definition) is 0. The van der Waals surface area contributed by atoms with E-state index in [1.807, 2.05) is 18.2 Å². The van der Waals surface area contributed by atoms with E-state index in [0.717, 1.165) is 5.56 Å². The number of aromatic nitrogens is 2. The highest BCUT2D eigenvalue weighted by atomic mass is 127. The van der Waals surface area contributed by atoms with E-state index < -0.39 is 55.5 Å². The fraction of sp³-hybridized carbons (Fsp3) is 0.120. The summed E-state index contributed by atoms with van der Waals surface area (Å²) in [5.41, 5.74) is -5.38. The van der Waals surface area contributed by atoms with Crippen LogP contribution in [0.4, 0.5) is 23.2 Å². The molecule has 4 aromatic rings. The van der Waals surface area contributed by atoms with Crippen molar-refractivity contribution in [1.29, 1.82) is 0 Å². The van der Waals surface area contributed by atoms with Gasteiger partial charge in [0.15, 0.2) is 17.3 Å². The number of benzene rings is 3. The highest BCUT2D eigenvalue weighted by Crippen LogP contribution is 2.38. The third-order valence-electron chi connectivity index (χ3n) is 5.38. The first-order valence-corrected chi connectivity index (χ1v) is 12.5. The van der Waals surface area contributed by atoms with Gasteiger partial charge in [-0.25, -0.2) is 13.8 Å². The highest BCUT2D eigenvalue weighted by molar-refractivity contribution is 14.1. The normalized spacial score (nSPS) is 11.3. The van der Waals surface area contributed by atoms with E-state index in [1.165, 1.54) is 34.7 Å².